The number of fused-ring (bicyclic) bond motifs is 1. The maximum atomic E-state index is 11.2. The average Bonchev–Trinajstić information content (AvgIpc) is 3.87. The molecule has 0 atom stereocenters. The summed E-state index contributed by atoms with van der Waals surface area (Å²) in [5, 5.41) is 0. The Morgan fingerprint density at radius 3 is 1.13 bits per heavy atom. The number of hydrogen-bond donors (Lipinski definition) is 2. The molecule has 0 fully saturated rings. The van der Waals surface area contributed by atoms with Gasteiger partial charge in [-0.25, -0.2) is 9.97 Å². The summed E-state index contributed by atoms with van der Waals surface area (Å²) >= 11 is 0. The third-order valence-corrected chi connectivity index (χ3v) is 9.85. The van der Waals surface area contributed by atoms with Crippen LogP contribution in [0.5, 0.6) is 11.5 Å². The molecule has 4 rings (SSSR count). The molecule has 0 spiro atoms. The molecule has 3 aromatic heterocycles. The van der Waals surface area contributed by atoms with Crippen molar-refractivity contribution in [3.8, 4) is 11.5 Å². The first-order valence-corrected chi connectivity index (χ1v) is 20.9. The van der Waals surface area contributed by atoms with Crippen molar-refractivity contribution in [3.05, 3.63) is 70.6 Å². The number of unbranched alkanes of at least 4 members (excludes halogenated alkanes) is 18. The second-order valence-electron chi connectivity index (χ2n) is 14.5. The Labute approximate surface area is 323 Å². The van der Waals surface area contributed by atoms with Gasteiger partial charge in [0.05, 0.1) is 47.0 Å². The smallest absolute Gasteiger partial charge is 0.166 e. The maximum Gasteiger partial charge on any atom is 0.166 e. The lowest BCUT2D eigenvalue weighted by Gasteiger charge is -2.15. The highest BCUT2D eigenvalue weighted by Gasteiger charge is 2.13. The minimum Gasteiger partial charge on any atom is -0.490 e. The molecule has 4 aromatic rings. The van der Waals surface area contributed by atoms with Crippen LogP contribution >= 0.6 is 0 Å². The molecule has 0 radical (unpaired) electrons. The van der Waals surface area contributed by atoms with Crippen LogP contribution in [-0.2, 0) is 0 Å². The van der Waals surface area contributed by atoms with E-state index in [4.69, 9.17) is 19.4 Å². The number of nitrogens with zero attached hydrogens (tertiary/aromatic N) is 2. The molecule has 292 valence electrons. The first-order valence-electron chi connectivity index (χ1n) is 20.9. The standard InChI is InChI=1S/C46H64N4O4/c1-3-5-7-9-11-13-15-17-19-21-31-53-45-33-43-44(34-46(45)54-32-22-20-18-16-14-12-10-8-6-4-2)50-42(30-28-38-24-26-40(36-52)48-38)41(49-43)29-27-37-23-25-39(35-51)47-37/h23-30,33-36,47-48H,3-22,31-32H2,1-2H3/b29-27-,30-28-. The van der Waals surface area contributed by atoms with Crippen molar-refractivity contribution < 1.29 is 19.1 Å². The summed E-state index contributed by atoms with van der Waals surface area (Å²) in [4.78, 5) is 38.7. The topological polar surface area (TPSA) is 110 Å². The minimum atomic E-state index is 0.506. The first kappa shape index (κ1) is 42.3. The zero-order chi connectivity index (χ0) is 38.1. The summed E-state index contributed by atoms with van der Waals surface area (Å²) in [5.41, 5.74) is 5.30. The van der Waals surface area contributed by atoms with E-state index >= 15 is 0 Å². The molecule has 0 bridgehead atoms. The average molecular weight is 737 g/mol. The van der Waals surface area contributed by atoms with Crippen molar-refractivity contribution in [2.24, 2.45) is 0 Å². The Hall–Kier alpha value is -4.46. The summed E-state index contributed by atoms with van der Waals surface area (Å²) in [5.74, 6) is 1.40. The van der Waals surface area contributed by atoms with Gasteiger partial charge in [-0.2, -0.15) is 0 Å². The predicted molar refractivity (Wildman–Crippen MR) is 224 cm³/mol. The fourth-order valence-corrected chi connectivity index (χ4v) is 6.63. The fraction of sp³-hybridized carbons (Fsp3) is 0.522. The Kier molecular flexibility index (Phi) is 20.0. The Bertz CT molecular complexity index is 1590. The van der Waals surface area contributed by atoms with Crippen LogP contribution in [0.15, 0.2) is 36.4 Å². The molecule has 1 aromatic carbocycles. The molecular weight excluding hydrogens is 673 g/mol. The van der Waals surface area contributed by atoms with E-state index in [-0.39, 0.29) is 0 Å². The van der Waals surface area contributed by atoms with Gasteiger partial charge in [0.15, 0.2) is 24.1 Å². The van der Waals surface area contributed by atoms with Crippen LogP contribution in [-0.4, -0.2) is 45.7 Å². The number of rotatable bonds is 30. The van der Waals surface area contributed by atoms with Gasteiger partial charge in [-0.05, 0) is 61.4 Å². The van der Waals surface area contributed by atoms with Crippen molar-refractivity contribution in [1.82, 2.24) is 19.9 Å². The highest BCUT2D eigenvalue weighted by Crippen LogP contribution is 2.33. The number of aromatic amines is 2. The molecule has 3 heterocycles. The monoisotopic (exact) mass is 736 g/mol. The van der Waals surface area contributed by atoms with Crippen molar-refractivity contribution in [2.75, 3.05) is 13.2 Å². The second-order valence-corrected chi connectivity index (χ2v) is 14.5. The molecule has 0 saturated heterocycles. The van der Waals surface area contributed by atoms with Crippen molar-refractivity contribution in [3.63, 3.8) is 0 Å². The van der Waals surface area contributed by atoms with Crippen LogP contribution in [0.4, 0.5) is 0 Å². The van der Waals surface area contributed by atoms with Gasteiger partial charge in [0, 0.05) is 23.5 Å². The molecule has 8 heteroatoms. The third-order valence-electron chi connectivity index (χ3n) is 9.85. The predicted octanol–water partition coefficient (Wildman–Crippen LogP) is 12.9. The largest absolute Gasteiger partial charge is 0.490 e. The van der Waals surface area contributed by atoms with E-state index in [1.165, 1.54) is 103 Å². The molecule has 2 N–H and O–H groups in total. The third kappa shape index (κ3) is 15.5. The number of hydrogen-bond acceptors (Lipinski definition) is 6. The summed E-state index contributed by atoms with van der Waals surface area (Å²) in [6.45, 7) is 5.79. The number of H-pyrrole nitrogens is 2. The summed E-state index contributed by atoms with van der Waals surface area (Å²) in [6.07, 6.45) is 34.6. The van der Waals surface area contributed by atoms with Gasteiger partial charge in [0.2, 0.25) is 0 Å². The van der Waals surface area contributed by atoms with E-state index in [0.717, 1.165) is 49.6 Å². The lowest BCUT2D eigenvalue weighted by molar-refractivity contribution is 0.111. The van der Waals surface area contributed by atoms with Crippen LogP contribution in [0.25, 0.3) is 35.3 Å². The number of carbonyl (C=O) groups excluding carboxylic acids is 2. The van der Waals surface area contributed by atoms with Crippen LogP contribution in [0.1, 0.15) is 186 Å². The van der Waals surface area contributed by atoms with Gasteiger partial charge in [0.1, 0.15) is 0 Å². The minimum absolute atomic E-state index is 0.506. The van der Waals surface area contributed by atoms with E-state index in [9.17, 15) is 9.59 Å². The van der Waals surface area contributed by atoms with Gasteiger partial charge < -0.3 is 19.4 Å². The molecule has 0 aliphatic heterocycles. The van der Waals surface area contributed by atoms with Crippen molar-refractivity contribution in [1.29, 1.82) is 0 Å². The molecule has 0 amide bonds. The highest BCUT2D eigenvalue weighted by molar-refractivity contribution is 5.85. The molecule has 0 saturated carbocycles. The van der Waals surface area contributed by atoms with Gasteiger partial charge >= 0.3 is 0 Å². The fourth-order valence-electron chi connectivity index (χ4n) is 6.63. The lowest BCUT2D eigenvalue weighted by Crippen LogP contribution is -2.04. The number of carbonyl (C=O) groups is 2. The number of ether oxygens (including phenoxy) is 2. The molecule has 0 aliphatic carbocycles. The van der Waals surface area contributed by atoms with E-state index < -0.39 is 0 Å². The van der Waals surface area contributed by atoms with Crippen molar-refractivity contribution in [2.45, 2.75) is 142 Å². The first-order chi connectivity index (χ1) is 26.6. The van der Waals surface area contributed by atoms with Gasteiger partial charge in [-0.1, -0.05) is 129 Å². The molecule has 0 aliphatic rings. The number of nitrogens with one attached hydrogen (secondary N) is 2. The van der Waals surface area contributed by atoms with E-state index in [2.05, 4.69) is 23.8 Å². The zero-order valence-electron chi connectivity index (χ0n) is 33.0. The molecule has 8 nitrogen and oxygen atoms in total. The quantitative estimate of drug-likeness (QED) is 0.0407. The number of aldehydes is 2. The van der Waals surface area contributed by atoms with Crippen LogP contribution in [0, 0.1) is 0 Å². The van der Waals surface area contributed by atoms with E-state index in [0.29, 0.717) is 58.5 Å². The Morgan fingerprint density at radius 1 is 0.463 bits per heavy atom. The van der Waals surface area contributed by atoms with E-state index in [1.807, 2.05) is 48.6 Å². The highest BCUT2D eigenvalue weighted by atomic mass is 16.5. The summed E-state index contributed by atoms with van der Waals surface area (Å²) in [7, 11) is 0. The zero-order valence-corrected chi connectivity index (χ0v) is 33.0. The summed E-state index contributed by atoms with van der Waals surface area (Å²) < 4.78 is 12.8. The number of benzene rings is 1. The second kappa shape index (κ2) is 25.5. The van der Waals surface area contributed by atoms with E-state index in [1.54, 1.807) is 12.1 Å². The van der Waals surface area contributed by atoms with Crippen LogP contribution < -0.4 is 9.47 Å². The maximum absolute atomic E-state index is 11.2. The van der Waals surface area contributed by atoms with Gasteiger partial charge in [0.25, 0.3) is 0 Å². The van der Waals surface area contributed by atoms with Crippen LogP contribution in [0.3, 0.4) is 0 Å². The Morgan fingerprint density at radius 2 is 0.796 bits per heavy atom. The molecule has 54 heavy (non-hydrogen) atoms. The lowest BCUT2D eigenvalue weighted by atomic mass is 10.1. The Balaban J connectivity index is 1.47. The van der Waals surface area contributed by atoms with Crippen molar-refractivity contribution >= 4 is 47.9 Å². The van der Waals surface area contributed by atoms with Gasteiger partial charge in [-0.15, -0.1) is 0 Å². The molecular formula is C46H64N4O4. The SMILES string of the molecule is CCCCCCCCCCCCOc1cc2nc(/C=C\c3ccc(C=O)[nH]3)c(/C=C\c3ccc(C=O)[nH]3)nc2cc1OCCCCCCCCCCCC. The van der Waals surface area contributed by atoms with Crippen LogP contribution in [0.2, 0.25) is 0 Å². The number of aromatic nitrogens is 4. The molecule has 0 unspecified atom stereocenters. The normalized spacial score (nSPS) is 11.7. The van der Waals surface area contributed by atoms with Gasteiger partial charge in [-0.3, -0.25) is 9.59 Å². The summed E-state index contributed by atoms with van der Waals surface area (Å²) in [6, 6.07) is 11.1.